The van der Waals surface area contributed by atoms with Crippen LogP contribution in [0.4, 0.5) is 0 Å². The Balaban J connectivity index is 2.16. The summed E-state index contributed by atoms with van der Waals surface area (Å²) in [4.78, 5) is 0. The Hall–Kier alpha value is -1.76. The van der Waals surface area contributed by atoms with Gasteiger partial charge in [0.05, 0.1) is 6.04 Å². The Morgan fingerprint density at radius 1 is 1.50 bits per heavy atom. The minimum Gasteiger partial charge on any atom is -0.385 e. The van der Waals surface area contributed by atoms with Gasteiger partial charge in [-0.25, -0.2) is 0 Å². The maximum Gasteiger partial charge on any atom is 0.0503 e. The van der Waals surface area contributed by atoms with E-state index in [1.807, 2.05) is 0 Å². The number of rotatable bonds is 5. The molecule has 0 aliphatic heterocycles. The molecule has 0 radical (unpaired) electrons. The molecule has 0 spiro atoms. The molecular weight excluding hydrogens is 218 g/mol. The van der Waals surface area contributed by atoms with Gasteiger partial charge in [0.2, 0.25) is 0 Å². The highest BCUT2D eigenvalue weighted by atomic mass is 14.9. The number of hydrogen-bond donors (Lipinski definition) is 1. The molecule has 0 saturated carbocycles. The van der Waals surface area contributed by atoms with Gasteiger partial charge in [-0.2, -0.15) is 0 Å². The molecule has 1 aromatic carbocycles. The summed E-state index contributed by atoms with van der Waals surface area (Å²) < 4.78 is 0. The normalized spacial score (nSPS) is 14.7. The first-order valence-corrected chi connectivity index (χ1v) is 6.51. The summed E-state index contributed by atoms with van der Waals surface area (Å²) in [5.74, 6) is 0. The minimum atomic E-state index is 0.277. The highest BCUT2D eigenvalue weighted by Crippen LogP contribution is 2.21. The molecule has 1 unspecified atom stereocenters. The molecular formula is C17H21N. The van der Waals surface area contributed by atoms with E-state index in [0.29, 0.717) is 0 Å². The predicted octanol–water partition coefficient (Wildman–Crippen LogP) is 3.87. The number of fused-ring (bicyclic) bond motifs is 1. The van der Waals surface area contributed by atoms with E-state index in [4.69, 9.17) is 0 Å². The second kappa shape index (κ2) is 5.72. The molecule has 18 heavy (non-hydrogen) atoms. The molecule has 1 nitrogen and oxygen atoms in total. The highest BCUT2D eigenvalue weighted by Gasteiger charge is 2.10. The first-order chi connectivity index (χ1) is 8.70. The van der Waals surface area contributed by atoms with Gasteiger partial charge >= 0.3 is 0 Å². The van der Waals surface area contributed by atoms with Crippen LogP contribution in [0.1, 0.15) is 30.0 Å². The first-order valence-electron chi connectivity index (χ1n) is 6.51. The molecule has 94 valence electrons. The number of aryl methyl sites for hydroxylation is 1. The van der Waals surface area contributed by atoms with Gasteiger partial charge in [0.15, 0.2) is 0 Å². The van der Waals surface area contributed by atoms with E-state index in [-0.39, 0.29) is 6.04 Å². The second-order valence-electron chi connectivity index (χ2n) is 4.95. The van der Waals surface area contributed by atoms with Crippen molar-refractivity contribution < 1.29 is 0 Å². The number of benzene rings is 1. The van der Waals surface area contributed by atoms with E-state index in [1.165, 1.54) is 16.7 Å². The third kappa shape index (κ3) is 2.92. The summed E-state index contributed by atoms with van der Waals surface area (Å²) in [5.41, 5.74) is 5.35. The first kappa shape index (κ1) is 12.7. The van der Waals surface area contributed by atoms with Gasteiger partial charge in [0.1, 0.15) is 0 Å². The van der Waals surface area contributed by atoms with Crippen LogP contribution in [-0.2, 0) is 12.8 Å². The fourth-order valence-corrected chi connectivity index (χ4v) is 2.37. The van der Waals surface area contributed by atoms with Gasteiger partial charge in [0.25, 0.3) is 0 Å². The zero-order valence-electron chi connectivity index (χ0n) is 11.1. The van der Waals surface area contributed by atoms with Gasteiger partial charge < -0.3 is 5.32 Å². The topological polar surface area (TPSA) is 12.0 Å². The lowest BCUT2D eigenvalue weighted by Gasteiger charge is -2.19. The van der Waals surface area contributed by atoms with Crippen molar-refractivity contribution in [2.45, 2.75) is 32.2 Å². The van der Waals surface area contributed by atoms with E-state index < -0.39 is 0 Å². The molecule has 0 fully saturated rings. The summed E-state index contributed by atoms with van der Waals surface area (Å²) >= 11 is 0. The third-order valence-electron chi connectivity index (χ3n) is 3.44. The smallest absolute Gasteiger partial charge is 0.0503 e. The second-order valence-corrected chi connectivity index (χ2v) is 4.95. The Kier molecular flexibility index (Phi) is 4.03. The van der Waals surface area contributed by atoms with E-state index in [2.05, 4.69) is 55.7 Å². The average Bonchev–Trinajstić information content (AvgIpc) is 2.38. The van der Waals surface area contributed by atoms with E-state index in [0.717, 1.165) is 24.8 Å². The minimum absolute atomic E-state index is 0.277. The Morgan fingerprint density at radius 3 is 3.06 bits per heavy atom. The maximum absolute atomic E-state index is 4.04. The van der Waals surface area contributed by atoms with Gasteiger partial charge in [-0.1, -0.05) is 49.1 Å². The predicted molar refractivity (Wildman–Crippen MR) is 79.4 cm³/mol. The molecule has 1 aromatic rings. The lowest BCUT2D eigenvalue weighted by molar-refractivity contribution is 0.663. The summed E-state index contributed by atoms with van der Waals surface area (Å²) in [6, 6.07) is 7.05. The summed E-state index contributed by atoms with van der Waals surface area (Å²) in [6.45, 7) is 9.83. The standard InChI is InChI=1S/C17H21N/c1-4-18-17(13(2)3)12-14-9-10-15-7-5-6-8-16(15)11-14/h4-5,7,9-11,17-18H,1-2,6,8,12H2,3H3. The van der Waals surface area contributed by atoms with Crippen molar-refractivity contribution in [3.63, 3.8) is 0 Å². The zero-order valence-corrected chi connectivity index (χ0v) is 11.1. The van der Waals surface area contributed by atoms with Crippen LogP contribution in [0.25, 0.3) is 6.08 Å². The molecule has 1 N–H and O–H groups in total. The van der Waals surface area contributed by atoms with Crippen molar-refractivity contribution in [3.8, 4) is 0 Å². The summed E-state index contributed by atoms with van der Waals surface area (Å²) in [5, 5.41) is 3.26. The quantitative estimate of drug-likeness (QED) is 0.769. The third-order valence-corrected chi connectivity index (χ3v) is 3.44. The lowest BCUT2D eigenvalue weighted by atomic mass is 9.92. The maximum atomic E-state index is 4.04. The monoisotopic (exact) mass is 239 g/mol. The summed E-state index contributed by atoms with van der Waals surface area (Å²) in [6.07, 6.45) is 9.51. The van der Waals surface area contributed by atoms with Crippen molar-refractivity contribution in [1.29, 1.82) is 0 Å². The number of hydrogen-bond acceptors (Lipinski definition) is 1. The Bertz CT molecular complexity index is 482. The van der Waals surface area contributed by atoms with Crippen LogP contribution < -0.4 is 5.32 Å². The van der Waals surface area contributed by atoms with Gasteiger partial charge in [-0.3, -0.25) is 0 Å². The molecule has 1 heteroatoms. The van der Waals surface area contributed by atoms with Crippen LogP contribution >= 0.6 is 0 Å². The molecule has 0 saturated heterocycles. The molecule has 0 heterocycles. The van der Waals surface area contributed by atoms with Gasteiger partial charge in [0, 0.05) is 0 Å². The fourth-order valence-electron chi connectivity index (χ4n) is 2.37. The number of nitrogens with one attached hydrogen (secondary N) is 1. The Morgan fingerprint density at radius 2 is 2.33 bits per heavy atom. The van der Waals surface area contributed by atoms with Crippen LogP contribution in [0, 0.1) is 0 Å². The van der Waals surface area contributed by atoms with Gasteiger partial charge in [-0.15, -0.1) is 0 Å². The largest absolute Gasteiger partial charge is 0.385 e. The van der Waals surface area contributed by atoms with Crippen LogP contribution in [0.3, 0.4) is 0 Å². The van der Waals surface area contributed by atoms with Crippen LogP contribution in [0.15, 0.2) is 49.2 Å². The molecule has 0 aromatic heterocycles. The SMILES string of the molecule is C=CNC(Cc1ccc2c(c1)CCC=C2)C(=C)C. The van der Waals surface area contributed by atoms with Gasteiger partial charge in [-0.05, 0) is 49.1 Å². The van der Waals surface area contributed by atoms with Crippen LogP contribution in [0.2, 0.25) is 0 Å². The highest BCUT2D eigenvalue weighted by molar-refractivity contribution is 5.57. The fraction of sp³-hybridized carbons (Fsp3) is 0.294. The molecule has 1 atom stereocenters. The summed E-state index contributed by atoms with van der Waals surface area (Å²) in [7, 11) is 0. The molecule has 0 bridgehead atoms. The van der Waals surface area contributed by atoms with Crippen LogP contribution in [0.5, 0.6) is 0 Å². The van der Waals surface area contributed by atoms with Crippen molar-refractivity contribution >= 4 is 6.08 Å². The zero-order chi connectivity index (χ0) is 13.0. The molecule has 2 rings (SSSR count). The molecule has 0 amide bonds. The Labute approximate surface area is 110 Å². The average molecular weight is 239 g/mol. The lowest BCUT2D eigenvalue weighted by Crippen LogP contribution is -2.27. The molecule has 1 aliphatic carbocycles. The van der Waals surface area contributed by atoms with E-state index >= 15 is 0 Å². The van der Waals surface area contributed by atoms with Crippen molar-refractivity contribution in [1.82, 2.24) is 5.32 Å². The van der Waals surface area contributed by atoms with Crippen LogP contribution in [-0.4, -0.2) is 6.04 Å². The van der Waals surface area contributed by atoms with E-state index in [9.17, 15) is 0 Å². The van der Waals surface area contributed by atoms with Crippen molar-refractivity contribution in [2.24, 2.45) is 0 Å². The van der Waals surface area contributed by atoms with Crippen molar-refractivity contribution in [2.75, 3.05) is 0 Å². The number of allylic oxidation sites excluding steroid dienone is 1. The molecule has 1 aliphatic rings. The van der Waals surface area contributed by atoms with Crippen molar-refractivity contribution in [3.05, 3.63) is 65.9 Å². The van der Waals surface area contributed by atoms with E-state index in [1.54, 1.807) is 6.20 Å².